The highest BCUT2D eigenvalue weighted by atomic mass is 32.1. The number of rotatable bonds is 4. The molecule has 1 aliphatic heterocycles. The molecule has 0 radical (unpaired) electrons. The van der Waals surface area contributed by atoms with Gasteiger partial charge in [-0.25, -0.2) is 9.98 Å². The van der Waals surface area contributed by atoms with Gasteiger partial charge in [-0.15, -0.1) is 0 Å². The molecule has 0 aliphatic carbocycles. The average Bonchev–Trinajstić information content (AvgIpc) is 3.65. The van der Waals surface area contributed by atoms with E-state index in [9.17, 15) is 0 Å². The van der Waals surface area contributed by atoms with Crippen LogP contribution in [0.15, 0.2) is 111 Å². The van der Waals surface area contributed by atoms with Crippen LogP contribution in [0, 0.1) is 0 Å². The maximum atomic E-state index is 5.56. The van der Waals surface area contributed by atoms with Crippen molar-refractivity contribution in [3.63, 3.8) is 0 Å². The first-order chi connectivity index (χ1) is 16.7. The number of hydrogen-bond acceptors (Lipinski definition) is 8. The monoisotopic (exact) mass is 490 g/mol. The highest BCUT2D eigenvalue weighted by Gasteiger charge is 2.24. The molecule has 34 heavy (non-hydrogen) atoms. The first-order valence-corrected chi connectivity index (χ1v) is 10.6. The van der Waals surface area contributed by atoms with Crippen LogP contribution >= 0.6 is 24.4 Å². The SMILES string of the molecule is S=C1/N=C(c2ccco2)/C(c2ccco2)=N/C(=S)N/N=C(\c2ccco2)C(c2ccco2)=NN1. The van der Waals surface area contributed by atoms with E-state index in [-0.39, 0.29) is 21.6 Å². The molecular weight excluding hydrogens is 476 g/mol. The molecule has 5 rings (SSSR count). The molecule has 0 saturated heterocycles. The zero-order chi connectivity index (χ0) is 23.3. The van der Waals surface area contributed by atoms with Crippen LogP contribution in [0.5, 0.6) is 0 Å². The summed E-state index contributed by atoms with van der Waals surface area (Å²) in [5.74, 6) is 1.61. The van der Waals surface area contributed by atoms with Crippen LogP contribution in [0.2, 0.25) is 0 Å². The summed E-state index contributed by atoms with van der Waals surface area (Å²) in [6.45, 7) is 0. The lowest BCUT2D eigenvalue weighted by atomic mass is 10.1. The second kappa shape index (κ2) is 9.60. The van der Waals surface area contributed by atoms with Crippen LogP contribution < -0.4 is 10.9 Å². The summed E-state index contributed by atoms with van der Waals surface area (Å²) in [6.07, 6.45) is 6.04. The Kier molecular flexibility index (Phi) is 6.05. The molecule has 0 atom stereocenters. The third kappa shape index (κ3) is 4.53. The van der Waals surface area contributed by atoms with Crippen molar-refractivity contribution in [2.24, 2.45) is 20.2 Å². The molecule has 0 spiro atoms. The number of furan rings is 4. The van der Waals surface area contributed by atoms with Gasteiger partial charge in [-0.3, -0.25) is 10.9 Å². The number of aliphatic imine (C=N–C) groups is 2. The van der Waals surface area contributed by atoms with E-state index in [4.69, 9.17) is 42.1 Å². The lowest BCUT2D eigenvalue weighted by Crippen LogP contribution is -2.29. The quantitative estimate of drug-likeness (QED) is 0.413. The Morgan fingerprint density at radius 3 is 1.12 bits per heavy atom. The van der Waals surface area contributed by atoms with Crippen molar-refractivity contribution < 1.29 is 17.7 Å². The van der Waals surface area contributed by atoms with Gasteiger partial charge in [0.05, 0.1) is 25.1 Å². The number of hydrogen-bond donors (Lipinski definition) is 2. The number of thiocarbonyl (C=S) groups is 2. The molecule has 2 N–H and O–H groups in total. The normalized spacial score (nSPS) is 19.8. The van der Waals surface area contributed by atoms with Gasteiger partial charge in [0, 0.05) is 0 Å². The van der Waals surface area contributed by atoms with E-state index >= 15 is 0 Å². The summed E-state index contributed by atoms with van der Waals surface area (Å²) in [4.78, 5) is 8.98. The molecule has 1 aliphatic rings. The van der Waals surface area contributed by atoms with Crippen LogP contribution in [-0.4, -0.2) is 33.1 Å². The van der Waals surface area contributed by atoms with Crippen molar-refractivity contribution in [3.05, 3.63) is 96.6 Å². The summed E-state index contributed by atoms with van der Waals surface area (Å²) in [5, 5.41) is 8.85. The smallest absolute Gasteiger partial charge is 0.214 e. The van der Waals surface area contributed by atoms with Gasteiger partial charge >= 0.3 is 0 Å². The maximum absolute atomic E-state index is 5.56. The third-order valence-electron chi connectivity index (χ3n) is 4.42. The largest absolute Gasteiger partial charge is 0.463 e. The highest BCUT2D eigenvalue weighted by Crippen LogP contribution is 2.14. The van der Waals surface area contributed by atoms with Gasteiger partial charge in [0.25, 0.3) is 0 Å². The topological polar surface area (TPSA) is 126 Å². The van der Waals surface area contributed by atoms with Gasteiger partial charge in [-0.1, -0.05) is 0 Å². The van der Waals surface area contributed by atoms with Gasteiger partial charge in [-0.2, -0.15) is 10.2 Å². The van der Waals surface area contributed by atoms with E-state index in [2.05, 4.69) is 31.0 Å². The minimum Gasteiger partial charge on any atom is -0.463 e. The fraction of sp³-hybridized carbons (Fsp3) is 0. The van der Waals surface area contributed by atoms with Crippen LogP contribution in [0.3, 0.4) is 0 Å². The van der Waals surface area contributed by atoms with Crippen molar-refractivity contribution in [3.8, 4) is 0 Å². The van der Waals surface area contributed by atoms with Gasteiger partial charge < -0.3 is 17.7 Å². The summed E-state index contributed by atoms with van der Waals surface area (Å²) in [5.41, 5.74) is 6.68. The maximum Gasteiger partial charge on any atom is 0.214 e. The van der Waals surface area contributed by atoms with E-state index in [1.54, 1.807) is 48.5 Å². The van der Waals surface area contributed by atoms with E-state index < -0.39 is 0 Å². The molecule has 0 amide bonds. The molecular formula is C22H14N6O4S2. The molecule has 168 valence electrons. The Labute approximate surface area is 202 Å². The average molecular weight is 491 g/mol. The molecule has 4 aromatic heterocycles. The summed E-state index contributed by atoms with van der Waals surface area (Å²) < 4.78 is 22.2. The lowest BCUT2D eigenvalue weighted by molar-refractivity contribution is 0.552. The second-order valence-corrected chi connectivity index (χ2v) is 7.36. The first kappa shape index (κ1) is 21.4. The van der Waals surface area contributed by atoms with E-state index in [0.717, 1.165) is 0 Å². The van der Waals surface area contributed by atoms with Gasteiger partial charge in [0.2, 0.25) is 10.2 Å². The van der Waals surface area contributed by atoms with Gasteiger partial charge in [0.1, 0.15) is 11.4 Å². The van der Waals surface area contributed by atoms with Crippen molar-refractivity contribution in [2.75, 3.05) is 0 Å². The second-order valence-electron chi connectivity index (χ2n) is 6.58. The van der Waals surface area contributed by atoms with Crippen LogP contribution in [0.1, 0.15) is 23.0 Å². The Bertz CT molecular complexity index is 1300. The molecule has 10 nitrogen and oxygen atoms in total. The molecule has 12 heteroatoms. The zero-order valence-electron chi connectivity index (χ0n) is 17.2. The Morgan fingerprint density at radius 2 is 0.824 bits per heavy atom. The fourth-order valence-electron chi connectivity index (χ4n) is 3.01. The molecule has 5 heterocycles. The molecule has 4 aromatic rings. The third-order valence-corrected chi connectivity index (χ3v) is 4.79. The predicted octanol–water partition coefficient (Wildman–Crippen LogP) is 3.91. The number of nitrogens with zero attached hydrogens (tertiary/aromatic N) is 4. The lowest BCUT2D eigenvalue weighted by Gasteiger charge is -2.11. The predicted molar refractivity (Wildman–Crippen MR) is 132 cm³/mol. The molecule has 0 saturated carbocycles. The number of nitrogens with one attached hydrogen (secondary N) is 2. The minimum atomic E-state index is 0.0213. The summed E-state index contributed by atoms with van der Waals surface area (Å²) in [7, 11) is 0. The number of hydrazone groups is 2. The van der Waals surface area contributed by atoms with E-state index in [0.29, 0.717) is 34.5 Å². The summed E-state index contributed by atoms with van der Waals surface area (Å²) in [6, 6.07) is 13.7. The van der Waals surface area contributed by atoms with E-state index in [1.807, 2.05) is 0 Å². The van der Waals surface area contributed by atoms with Crippen molar-refractivity contribution >= 4 is 57.5 Å². The molecule has 0 bridgehead atoms. The molecule has 0 unspecified atom stereocenters. The standard InChI is InChI=1S/C22H14N6O4S2/c33-21-23-17(13-5-1-9-29-13)18(14-6-2-10-30-14)24-22(34)28-26-20(16-8-4-12-32-16)19(25-27-21)15-7-3-11-31-15/h1-12H,(H,23,27,33)(H,24,28,34). The molecule has 0 aromatic carbocycles. The highest BCUT2D eigenvalue weighted by molar-refractivity contribution is 7.80. The first-order valence-electron chi connectivity index (χ1n) is 9.78. The van der Waals surface area contributed by atoms with Crippen LogP contribution in [-0.2, 0) is 0 Å². The van der Waals surface area contributed by atoms with E-state index in [1.165, 1.54) is 25.1 Å². The Hall–Kier alpha value is -4.42. The Morgan fingerprint density at radius 1 is 0.500 bits per heavy atom. The minimum absolute atomic E-state index is 0.0213. The van der Waals surface area contributed by atoms with Crippen molar-refractivity contribution in [1.82, 2.24) is 10.9 Å². The summed E-state index contributed by atoms with van der Waals surface area (Å²) >= 11 is 10.9. The van der Waals surface area contributed by atoms with Gasteiger partial charge in [0.15, 0.2) is 34.5 Å². The molecule has 0 fully saturated rings. The van der Waals surface area contributed by atoms with Crippen molar-refractivity contribution in [1.29, 1.82) is 0 Å². The van der Waals surface area contributed by atoms with Crippen molar-refractivity contribution in [2.45, 2.75) is 0 Å². The van der Waals surface area contributed by atoms with Crippen LogP contribution in [0.25, 0.3) is 0 Å². The fourth-order valence-corrected chi connectivity index (χ4v) is 3.29. The zero-order valence-corrected chi connectivity index (χ0v) is 18.8. The van der Waals surface area contributed by atoms with Crippen LogP contribution in [0.4, 0.5) is 0 Å². The Balaban J connectivity index is 1.66. The van der Waals surface area contributed by atoms with Gasteiger partial charge in [-0.05, 0) is 73.0 Å².